The molecule has 2 aromatic rings. The molecule has 1 aliphatic heterocycles. The van der Waals surface area contributed by atoms with E-state index in [0.717, 1.165) is 37.6 Å². The summed E-state index contributed by atoms with van der Waals surface area (Å²) >= 11 is 0. The maximum atomic E-state index is 12.6. The molecule has 25 heavy (non-hydrogen) atoms. The number of rotatable bonds is 7. The normalized spacial score (nSPS) is 15.3. The van der Waals surface area contributed by atoms with Gasteiger partial charge in [-0.25, -0.2) is 4.98 Å². The molecule has 2 heterocycles. The Morgan fingerprint density at radius 3 is 2.60 bits per heavy atom. The number of nitrogens with zero attached hydrogens (tertiary/aromatic N) is 4. The Balaban J connectivity index is 1.48. The molecule has 1 aromatic carbocycles. The van der Waals surface area contributed by atoms with Crippen molar-refractivity contribution < 1.29 is 9.53 Å². The maximum Gasteiger partial charge on any atom is 0.253 e. The number of hydrogen-bond acceptors (Lipinski definition) is 6. The Kier molecular flexibility index (Phi) is 5.97. The third-order valence-electron chi connectivity index (χ3n) is 4.22. The minimum Gasteiger partial charge on any atom is -0.494 e. The molecule has 0 spiro atoms. The topological polar surface area (TPSA) is 100 Å². The lowest BCUT2D eigenvalue weighted by molar-refractivity contribution is 0.0625. The van der Waals surface area contributed by atoms with E-state index in [9.17, 15) is 4.79 Å². The monoisotopic (exact) mass is 344 g/mol. The van der Waals surface area contributed by atoms with Gasteiger partial charge in [0, 0.05) is 31.7 Å². The minimum atomic E-state index is 0.0628. The van der Waals surface area contributed by atoms with E-state index in [-0.39, 0.29) is 5.91 Å². The number of hydrogen-bond donors (Lipinski definition) is 2. The Labute approximate surface area is 147 Å². The van der Waals surface area contributed by atoms with Crippen molar-refractivity contribution in [2.45, 2.75) is 13.0 Å². The molecule has 1 aromatic heterocycles. The minimum absolute atomic E-state index is 0.0628. The van der Waals surface area contributed by atoms with E-state index in [2.05, 4.69) is 20.1 Å². The van der Waals surface area contributed by atoms with Crippen LogP contribution in [0.25, 0.3) is 0 Å². The first kappa shape index (κ1) is 17.4. The molecule has 3 N–H and O–H groups in total. The molecule has 3 rings (SSSR count). The molecule has 1 aliphatic rings. The predicted molar refractivity (Wildman–Crippen MR) is 93.2 cm³/mol. The zero-order valence-corrected chi connectivity index (χ0v) is 14.2. The third-order valence-corrected chi connectivity index (χ3v) is 4.22. The summed E-state index contributed by atoms with van der Waals surface area (Å²) in [6.07, 6.45) is 2.33. The summed E-state index contributed by atoms with van der Waals surface area (Å²) in [6.45, 7) is 5.01. The van der Waals surface area contributed by atoms with Crippen LogP contribution in [0.15, 0.2) is 30.6 Å². The van der Waals surface area contributed by atoms with Crippen LogP contribution in [-0.4, -0.2) is 70.2 Å². The van der Waals surface area contributed by atoms with Crippen molar-refractivity contribution in [3.8, 4) is 5.75 Å². The number of carbonyl (C=O) groups excluding carboxylic acids is 1. The number of benzene rings is 1. The fourth-order valence-corrected chi connectivity index (χ4v) is 2.78. The van der Waals surface area contributed by atoms with Gasteiger partial charge in [-0.2, -0.15) is 5.10 Å². The standard InChI is InChI=1S/C17H24N6O2/c18-6-1-11-25-15-4-2-14(3-5-15)17(24)23-9-7-22(8-10-23)12-16-19-13-20-21-16/h2-5,13H,1,6-12,18H2,(H,19,20,21). The zero-order valence-electron chi connectivity index (χ0n) is 14.2. The van der Waals surface area contributed by atoms with Crippen molar-refractivity contribution in [1.82, 2.24) is 25.0 Å². The lowest BCUT2D eigenvalue weighted by Gasteiger charge is -2.34. The lowest BCUT2D eigenvalue weighted by Crippen LogP contribution is -2.48. The quantitative estimate of drug-likeness (QED) is 0.709. The van der Waals surface area contributed by atoms with Gasteiger partial charge in [-0.1, -0.05) is 0 Å². The number of ether oxygens (including phenoxy) is 1. The van der Waals surface area contributed by atoms with Gasteiger partial charge in [0.25, 0.3) is 5.91 Å². The second-order valence-corrected chi connectivity index (χ2v) is 6.02. The van der Waals surface area contributed by atoms with Crippen LogP contribution in [0.4, 0.5) is 0 Å². The van der Waals surface area contributed by atoms with Crippen LogP contribution in [0, 0.1) is 0 Å². The highest BCUT2D eigenvalue weighted by Gasteiger charge is 2.22. The van der Waals surface area contributed by atoms with Gasteiger partial charge in [0.2, 0.25) is 0 Å². The van der Waals surface area contributed by atoms with Gasteiger partial charge in [-0.3, -0.25) is 14.8 Å². The number of aromatic amines is 1. The first-order valence-corrected chi connectivity index (χ1v) is 8.55. The second-order valence-electron chi connectivity index (χ2n) is 6.02. The molecule has 8 nitrogen and oxygen atoms in total. The Morgan fingerprint density at radius 1 is 1.20 bits per heavy atom. The summed E-state index contributed by atoms with van der Waals surface area (Å²) in [7, 11) is 0. The first-order chi connectivity index (χ1) is 12.3. The third kappa shape index (κ3) is 4.77. The van der Waals surface area contributed by atoms with Gasteiger partial charge >= 0.3 is 0 Å². The average molecular weight is 344 g/mol. The Bertz CT molecular complexity index is 650. The Morgan fingerprint density at radius 2 is 1.96 bits per heavy atom. The Hall–Kier alpha value is -2.45. The maximum absolute atomic E-state index is 12.6. The smallest absolute Gasteiger partial charge is 0.253 e. The van der Waals surface area contributed by atoms with Crippen molar-refractivity contribution in [1.29, 1.82) is 0 Å². The molecule has 0 saturated carbocycles. The first-order valence-electron chi connectivity index (χ1n) is 8.55. The van der Waals surface area contributed by atoms with E-state index in [1.165, 1.54) is 6.33 Å². The molecule has 0 atom stereocenters. The van der Waals surface area contributed by atoms with Gasteiger partial charge in [0.15, 0.2) is 0 Å². The van der Waals surface area contributed by atoms with Crippen LogP contribution >= 0.6 is 0 Å². The van der Waals surface area contributed by atoms with E-state index in [1.54, 1.807) is 0 Å². The molecule has 0 bridgehead atoms. The van der Waals surface area contributed by atoms with Gasteiger partial charge in [0.05, 0.1) is 13.2 Å². The van der Waals surface area contributed by atoms with Crippen LogP contribution in [0.3, 0.4) is 0 Å². The van der Waals surface area contributed by atoms with Gasteiger partial charge in [-0.15, -0.1) is 0 Å². The van der Waals surface area contributed by atoms with Crippen molar-refractivity contribution >= 4 is 5.91 Å². The van der Waals surface area contributed by atoms with E-state index in [0.29, 0.717) is 31.8 Å². The van der Waals surface area contributed by atoms with E-state index in [4.69, 9.17) is 10.5 Å². The fourth-order valence-electron chi connectivity index (χ4n) is 2.78. The summed E-state index contributed by atoms with van der Waals surface area (Å²) < 4.78 is 5.57. The molecule has 1 fully saturated rings. The highest BCUT2D eigenvalue weighted by atomic mass is 16.5. The van der Waals surface area contributed by atoms with Crippen LogP contribution < -0.4 is 10.5 Å². The van der Waals surface area contributed by atoms with E-state index in [1.807, 2.05) is 29.2 Å². The molecule has 1 amide bonds. The van der Waals surface area contributed by atoms with Crippen LogP contribution in [0.5, 0.6) is 5.75 Å². The molecule has 0 aliphatic carbocycles. The molecular weight excluding hydrogens is 320 g/mol. The highest BCUT2D eigenvalue weighted by Crippen LogP contribution is 2.15. The molecular formula is C17H24N6O2. The van der Waals surface area contributed by atoms with Crippen molar-refractivity contribution in [3.05, 3.63) is 42.0 Å². The molecule has 134 valence electrons. The number of amides is 1. The van der Waals surface area contributed by atoms with Crippen LogP contribution in [0.2, 0.25) is 0 Å². The summed E-state index contributed by atoms with van der Waals surface area (Å²) in [6, 6.07) is 7.32. The average Bonchev–Trinajstić information content (AvgIpc) is 3.16. The SMILES string of the molecule is NCCCOc1ccc(C(=O)N2CCN(Cc3ncn[nH]3)CC2)cc1. The predicted octanol–water partition coefficient (Wildman–Crippen LogP) is 0.490. The van der Waals surface area contributed by atoms with Gasteiger partial charge < -0.3 is 15.4 Å². The summed E-state index contributed by atoms with van der Waals surface area (Å²) in [5.41, 5.74) is 6.13. The van der Waals surface area contributed by atoms with Crippen molar-refractivity contribution in [3.63, 3.8) is 0 Å². The summed E-state index contributed by atoms with van der Waals surface area (Å²) in [4.78, 5) is 20.9. The molecule has 1 saturated heterocycles. The zero-order chi connectivity index (χ0) is 17.5. The second kappa shape index (κ2) is 8.59. The lowest BCUT2D eigenvalue weighted by atomic mass is 10.1. The van der Waals surface area contributed by atoms with Crippen molar-refractivity contribution in [2.75, 3.05) is 39.3 Å². The van der Waals surface area contributed by atoms with Gasteiger partial charge in [0.1, 0.15) is 17.9 Å². The number of piperazine rings is 1. The largest absolute Gasteiger partial charge is 0.494 e. The van der Waals surface area contributed by atoms with Gasteiger partial charge in [-0.05, 0) is 37.2 Å². The number of carbonyl (C=O) groups is 1. The number of aromatic nitrogens is 3. The van der Waals surface area contributed by atoms with Crippen LogP contribution in [-0.2, 0) is 6.54 Å². The molecule has 0 unspecified atom stereocenters. The molecule has 8 heteroatoms. The number of nitrogens with two attached hydrogens (primary N) is 1. The summed E-state index contributed by atoms with van der Waals surface area (Å²) in [5, 5.41) is 6.72. The van der Waals surface area contributed by atoms with Crippen molar-refractivity contribution in [2.24, 2.45) is 5.73 Å². The van der Waals surface area contributed by atoms with Crippen LogP contribution in [0.1, 0.15) is 22.6 Å². The highest BCUT2D eigenvalue weighted by molar-refractivity contribution is 5.94. The summed E-state index contributed by atoms with van der Waals surface area (Å²) in [5.74, 6) is 1.68. The molecule has 0 radical (unpaired) electrons. The van der Waals surface area contributed by atoms with E-state index < -0.39 is 0 Å². The number of nitrogens with one attached hydrogen (secondary N) is 1. The fraction of sp³-hybridized carbons (Fsp3) is 0.471. The number of H-pyrrole nitrogens is 1. The van der Waals surface area contributed by atoms with E-state index >= 15 is 0 Å².